The normalized spacial score (nSPS) is 16.1. The quantitative estimate of drug-likeness (QED) is 0.234. The van der Waals surface area contributed by atoms with Crippen LogP contribution in [0.15, 0.2) is 59.1 Å². The molecule has 0 aromatic rings. The zero-order valence-corrected chi connectivity index (χ0v) is 23.1. The van der Waals surface area contributed by atoms with Crippen molar-refractivity contribution >= 4 is 32.9 Å². The van der Waals surface area contributed by atoms with E-state index in [1.165, 1.54) is 4.44 Å². The average molecular weight is 493 g/mol. The molecular weight excluding hydrogens is 445 g/mol. The summed E-state index contributed by atoms with van der Waals surface area (Å²) in [6, 6.07) is 0. The second-order valence-electron chi connectivity index (χ2n) is 6.29. The molecule has 9 heteroatoms. The summed E-state index contributed by atoms with van der Waals surface area (Å²) in [7, 11) is 4.95. The molecule has 3 unspecified atom stereocenters. The van der Waals surface area contributed by atoms with E-state index in [-0.39, 0.29) is 72.0 Å². The first-order chi connectivity index (χ1) is 15.1. The first kappa shape index (κ1) is 39.9. The van der Waals surface area contributed by atoms with Gasteiger partial charge in [0.2, 0.25) is 0 Å². The molecule has 0 saturated carbocycles. The second kappa shape index (κ2) is 31.7. The molecule has 186 valence electrons. The summed E-state index contributed by atoms with van der Waals surface area (Å²) in [6.07, 6.45) is 17.3. The maximum Gasteiger partial charge on any atom is 1.00 e. The summed E-state index contributed by atoms with van der Waals surface area (Å²) in [6.45, 7) is 6.60. The molecule has 0 bridgehead atoms. The van der Waals surface area contributed by atoms with Gasteiger partial charge in [0.15, 0.2) is 17.4 Å². The van der Waals surface area contributed by atoms with Crippen LogP contribution in [0.2, 0.25) is 0 Å². The molecule has 0 aliphatic carbocycles. The van der Waals surface area contributed by atoms with E-state index in [4.69, 9.17) is 28.2 Å². The number of hydrogen-bond acceptors (Lipinski definition) is 6. The molecule has 0 aromatic heterocycles. The van der Waals surface area contributed by atoms with E-state index in [9.17, 15) is 0 Å². The van der Waals surface area contributed by atoms with Crippen LogP contribution in [0.4, 0.5) is 0 Å². The third kappa shape index (κ3) is 24.6. The summed E-state index contributed by atoms with van der Waals surface area (Å²) in [4.78, 5) is 0. The van der Waals surface area contributed by atoms with Crippen LogP contribution in [0.1, 0.15) is 25.1 Å². The fraction of sp³-hybridized carbons (Fsp3) is 0.500. The molecule has 33 heavy (non-hydrogen) atoms. The third-order valence-electron chi connectivity index (χ3n) is 4.05. The average Bonchev–Trinajstić information content (AvgIpc) is 3.33. The van der Waals surface area contributed by atoms with E-state index in [0.717, 1.165) is 6.61 Å². The van der Waals surface area contributed by atoms with Gasteiger partial charge < -0.3 is 29.6 Å². The number of aliphatic hydroxyl groups excluding tert-OH is 2. The van der Waals surface area contributed by atoms with Gasteiger partial charge in [-0.15, -0.1) is 6.08 Å². The first-order valence-electron chi connectivity index (χ1n) is 10.4. The topological polar surface area (TPSA) is 77.4 Å². The van der Waals surface area contributed by atoms with Crippen molar-refractivity contribution in [1.29, 1.82) is 0 Å². The predicted octanol–water partition coefficient (Wildman–Crippen LogP) is -1.43. The van der Waals surface area contributed by atoms with Gasteiger partial charge in [0, 0.05) is 29.4 Å². The van der Waals surface area contributed by atoms with Crippen molar-refractivity contribution < 1.29 is 51.4 Å². The van der Waals surface area contributed by atoms with Crippen molar-refractivity contribution in [2.45, 2.75) is 39.1 Å². The van der Waals surface area contributed by atoms with Crippen molar-refractivity contribution in [2.75, 3.05) is 41.2 Å². The molecule has 2 N–H and O–H groups in total. The molecular formula is C24H47Al2LiO6. The van der Waals surface area contributed by atoms with Crippen molar-refractivity contribution in [3.8, 4) is 11.8 Å². The number of ether oxygens (including phenoxy) is 3. The summed E-state index contributed by atoms with van der Waals surface area (Å²) in [5.74, 6) is 5.22. The van der Waals surface area contributed by atoms with Crippen LogP contribution in [0.3, 0.4) is 0 Å². The number of methoxy groups -OCH3 is 3. The van der Waals surface area contributed by atoms with Gasteiger partial charge in [-0.1, -0.05) is 54.4 Å². The SMILES string of the molecule is C/C=C/C(/C=C/CO)OC.C/C=C/C(C#CCO)OC.C/C=C/C(OC)[C]1=CC[O][AlH2-]1.[AlH3].[H+].[H-].[HH].[Li+]. The molecule has 0 radical (unpaired) electrons. The summed E-state index contributed by atoms with van der Waals surface area (Å²) >= 11 is -0.896. The maximum absolute atomic E-state index is 8.41. The second-order valence-corrected chi connectivity index (χ2v) is 8.43. The van der Waals surface area contributed by atoms with Gasteiger partial charge in [0.1, 0.15) is 12.7 Å². The summed E-state index contributed by atoms with van der Waals surface area (Å²) < 4.78 is 22.0. The van der Waals surface area contributed by atoms with E-state index in [2.05, 4.69) is 24.0 Å². The van der Waals surface area contributed by atoms with E-state index >= 15 is 0 Å². The van der Waals surface area contributed by atoms with Crippen LogP contribution in [0, 0.1) is 11.8 Å². The standard InChI is InChI=1S/C8H14O2.2C8H12O2.2Al.Li.H2.6H/c3*1-3-5-8(10-2)6-4-7-9;;;;;;;;;;/h3-6,8-9H,7H2,1-2H3;3,5,8-9H,7H2,1-2H3;3-5,8H,7H2,1-2H3;;;;1H;;;;;;/q;;-1;;;+1;;;;;;;-1/p+1/b5-3+,6-4+;5-3+;5-3+,6-4?;;;;;;;;;;. The molecule has 0 fully saturated rings. The molecule has 0 aromatic carbocycles. The Hall–Kier alpha value is -0.318. The van der Waals surface area contributed by atoms with Gasteiger partial charge >= 0.3 is 20.3 Å². The third-order valence-corrected chi connectivity index (χ3v) is 6.12. The van der Waals surface area contributed by atoms with Crippen molar-refractivity contribution in [3.63, 3.8) is 0 Å². The number of rotatable bonds is 9. The van der Waals surface area contributed by atoms with Crippen LogP contribution in [-0.4, -0.2) is 103 Å². The van der Waals surface area contributed by atoms with E-state index in [1.54, 1.807) is 33.5 Å². The number of allylic oxidation sites excluding steroid dienone is 3. The Morgan fingerprint density at radius 3 is 2.12 bits per heavy atom. The Bertz CT molecular complexity index is 639. The molecule has 3 atom stereocenters. The van der Waals surface area contributed by atoms with Gasteiger partial charge in [-0.25, -0.2) is 4.44 Å². The van der Waals surface area contributed by atoms with Crippen molar-refractivity contribution in [2.24, 2.45) is 0 Å². The smallest absolute Gasteiger partial charge is 1.00 e. The molecule has 1 aliphatic rings. The molecule has 0 saturated heterocycles. The van der Waals surface area contributed by atoms with Gasteiger partial charge in [-0.2, -0.15) is 0 Å². The fourth-order valence-corrected chi connectivity index (χ4v) is 4.14. The Morgan fingerprint density at radius 2 is 1.73 bits per heavy atom. The van der Waals surface area contributed by atoms with Crippen LogP contribution in [-0.2, 0) is 18.0 Å². The van der Waals surface area contributed by atoms with Crippen molar-refractivity contribution in [1.82, 2.24) is 0 Å². The Kier molecular flexibility index (Phi) is 38.3. The molecule has 6 nitrogen and oxygen atoms in total. The summed E-state index contributed by atoms with van der Waals surface area (Å²) in [5, 5.41) is 16.7. The van der Waals surface area contributed by atoms with Crippen LogP contribution in [0.5, 0.6) is 0 Å². The maximum atomic E-state index is 8.41. The molecule has 1 heterocycles. The Morgan fingerprint density at radius 1 is 1.09 bits per heavy atom. The first-order valence-corrected chi connectivity index (χ1v) is 12.3. The largest absolute Gasteiger partial charge is 1.00 e. The zero-order valence-electron chi connectivity index (χ0n) is 23.1. The minimum atomic E-state index is -0.896. The minimum Gasteiger partial charge on any atom is -1.00 e. The Balaban J connectivity index is -0.0000000657. The number of aliphatic hydroxyl groups is 2. The minimum absolute atomic E-state index is 0. The van der Waals surface area contributed by atoms with Crippen LogP contribution in [0.25, 0.3) is 0 Å². The Labute approximate surface area is 234 Å². The van der Waals surface area contributed by atoms with Gasteiger partial charge in [-0.05, 0) is 26.8 Å². The van der Waals surface area contributed by atoms with E-state index in [1.807, 2.05) is 51.2 Å². The number of hydrogen-bond donors (Lipinski definition) is 2. The van der Waals surface area contributed by atoms with Crippen LogP contribution >= 0.6 is 0 Å². The predicted molar refractivity (Wildman–Crippen MR) is 145 cm³/mol. The fourth-order valence-electron chi connectivity index (χ4n) is 2.48. The monoisotopic (exact) mass is 492 g/mol. The molecule has 1 aliphatic heterocycles. The molecule has 0 amide bonds. The van der Waals surface area contributed by atoms with Gasteiger partial charge in [0.25, 0.3) is 15.6 Å². The van der Waals surface area contributed by atoms with E-state index in [0.29, 0.717) is 0 Å². The zero-order chi connectivity index (χ0) is 23.7. The van der Waals surface area contributed by atoms with Gasteiger partial charge in [0.05, 0.1) is 18.8 Å². The molecule has 0 spiro atoms. The van der Waals surface area contributed by atoms with E-state index < -0.39 is 15.6 Å². The van der Waals surface area contributed by atoms with Crippen LogP contribution < -0.4 is 18.9 Å². The summed E-state index contributed by atoms with van der Waals surface area (Å²) in [5.41, 5.74) is 0. The van der Waals surface area contributed by atoms with Crippen molar-refractivity contribution in [3.05, 3.63) is 59.1 Å². The molecule has 1 rings (SSSR count). The van der Waals surface area contributed by atoms with Gasteiger partial charge in [-0.3, -0.25) is 0 Å².